The van der Waals surface area contributed by atoms with Gasteiger partial charge < -0.3 is 0 Å². The molecule has 0 fully saturated rings. The molecule has 0 atom stereocenters. The first-order chi connectivity index (χ1) is 9.90. The smallest absolute Gasteiger partial charge is 0.222 e. The van der Waals surface area contributed by atoms with Gasteiger partial charge in [0.15, 0.2) is 0 Å². The van der Waals surface area contributed by atoms with Crippen molar-refractivity contribution in [3.05, 3.63) is 0 Å². The second-order valence-electron chi connectivity index (χ2n) is 0.714. The summed E-state index contributed by atoms with van der Waals surface area (Å²) < 4.78 is 0. The Labute approximate surface area is 115 Å². The van der Waals surface area contributed by atoms with Gasteiger partial charge in [0.1, 0.15) is 0 Å². The summed E-state index contributed by atoms with van der Waals surface area (Å²) in [5.41, 5.74) is 0. The van der Waals surface area contributed by atoms with E-state index < -0.39 is 0 Å². The van der Waals surface area contributed by atoms with Gasteiger partial charge in [-0.15, -0.1) is 0 Å². The Hall–Kier alpha value is -4.34. The maximum absolute atomic E-state index is 8.35. The standard InChI is InChI=1S/7CHNO/c7*2-1-3/h7*2H. The normalized spacial score (nSPS) is 2.67. The molecule has 0 aromatic rings. The van der Waals surface area contributed by atoms with E-state index in [-0.39, 0.29) is 0 Å². The zero-order valence-electron chi connectivity index (χ0n) is 9.86. The van der Waals surface area contributed by atoms with E-state index in [1.54, 1.807) is 0 Å². The minimum atomic E-state index is 0.750. The first kappa shape index (κ1) is 43.8. The summed E-state index contributed by atoms with van der Waals surface area (Å²) in [6.45, 7) is 0. The highest BCUT2D eigenvalue weighted by atomic mass is 16.1. The molecule has 0 aliphatic rings. The third-order valence-corrected chi connectivity index (χ3v) is 0. The molecule has 0 spiro atoms. The number of hydrogen-bond donors (Lipinski definition) is 7. The molecule has 0 saturated heterocycles. The van der Waals surface area contributed by atoms with Crippen molar-refractivity contribution in [2.24, 2.45) is 0 Å². The Balaban J connectivity index is -0.0000000218. The van der Waals surface area contributed by atoms with Crippen molar-refractivity contribution in [3.63, 3.8) is 0 Å². The van der Waals surface area contributed by atoms with Crippen molar-refractivity contribution in [2.45, 2.75) is 0 Å². The Bertz CT molecular complexity index is 298. The molecule has 0 aliphatic heterocycles. The molecule has 0 bridgehead atoms. The van der Waals surface area contributed by atoms with Gasteiger partial charge in [-0.2, -0.15) is 0 Å². The van der Waals surface area contributed by atoms with E-state index in [1.807, 2.05) is 0 Å². The van der Waals surface area contributed by atoms with Crippen molar-refractivity contribution in [2.75, 3.05) is 0 Å². The molecule has 0 radical (unpaired) electrons. The molecule has 0 saturated carbocycles. The quantitative estimate of drug-likeness (QED) is 0.222. The predicted octanol–water partition coefficient (Wildman–Crippen LogP) is -0.693. The van der Waals surface area contributed by atoms with Crippen molar-refractivity contribution >= 4 is 42.6 Å². The SMILES string of the molecule is N=C=O.N=C=O.N=C=O.N=C=O.N=C=O.N=C=O.N=C=O. The zero-order chi connectivity index (χ0) is 18.9. The molecule has 0 amide bonds. The summed E-state index contributed by atoms with van der Waals surface area (Å²) >= 11 is 0. The van der Waals surface area contributed by atoms with Crippen molar-refractivity contribution in [3.8, 4) is 0 Å². The van der Waals surface area contributed by atoms with Crippen LogP contribution in [0.4, 0.5) is 0 Å². The van der Waals surface area contributed by atoms with Gasteiger partial charge in [0.25, 0.3) is 0 Å². The molecular formula is C7H7N7O7. The highest BCUT2D eigenvalue weighted by molar-refractivity contribution is 5.27. The number of carbonyl (C=O) groups excluding carboxylic acids is 7. The largest absolute Gasteiger partial charge is 0.231 e. The third-order valence-electron chi connectivity index (χ3n) is 0. The lowest BCUT2D eigenvalue weighted by Crippen LogP contribution is -1.16. The third kappa shape index (κ3) is 155. The maximum atomic E-state index is 8.35. The average molecular weight is 301 g/mol. The fraction of sp³-hybridized carbons (Fsp3) is 0. The van der Waals surface area contributed by atoms with E-state index >= 15 is 0 Å². The van der Waals surface area contributed by atoms with Gasteiger partial charge >= 0.3 is 0 Å². The van der Waals surface area contributed by atoms with Crippen LogP contribution in [-0.4, -0.2) is 42.6 Å². The van der Waals surface area contributed by atoms with Crippen LogP contribution in [0, 0.1) is 37.9 Å². The van der Waals surface area contributed by atoms with Crippen molar-refractivity contribution in [1.82, 2.24) is 0 Å². The molecule has 0 rings (SSSR count). The predicted molar refractivity (Wildman–Crippen MR) is 58.9 cm³/mol. The minimum absolute atomic E-state index is 0.750. The molecule has 0 unspecified atom stereocenters. The van der Waals surface area contributed by atoms with E-state index in [1.165, 1.54) is 0 Å². The number of hydrogen-bond acceptors (Lipinski definition) is 14. The fourth-order valence-corrected chi connectivity index (χ4v) is 0. The number of isocyanates is 7. The topological polar surface area (TPSA) is 286 Å². The van der Waals surface area contributed by atoms with Crippen LogP contribution in [0.1, 0.15) is 0 Å². The van der Waals surface area contributed by atoms with Gasteiger partial charge in [0, 0.05) is 0 Å². The Morgan fingerprint density at radius 3 is 0.286 bits per heavy atom. The number of nitrogens with one attached hydrogen (secondary N) is 7. The van der Waals surface area contributed by atoms with E-state index in [2.05, 4.69) is 0 Å². The van der Waals surface area contributed by atoms with Crippen LogP contribution >= 0.6 is 0 Å². The van der Waals surface area contributed by atoms with E-state index in [0.717, 1.165) is 42.6 Å². The van der Waals surface area contributed by atoms with Crippen LogP contribution in [0.3, 0.4) is 0 Å². The van der Waals surface area contributed by atoms with Crippen LogP contribution in [0.2, 0.25) is 0 Å². The molecule has 0 aromatic carbocycles. The van der Waals surface area contributed by atoms with Crippen molar-refractivity contribution in [1.29, 1.82) is 37.9 Å². The summed E-state index contributed by atoms with van der Waals surface area (Å²) in [5, 5.41) is 37.8. The molecule has 0 aliphatic carbocycles. The highest BCUT2D eigenvalue weighted by Crippen LogP contribution is 0.885. The van der Waals surface area contributed by atoms with E-state index in [9.17, 15) is 0 Å². The molecule has 7 N–H and O–H groups in total. The molecule has 14 nitrogen and oxygen atoms in total. The highest BCUT2D eigenvalue weighted by Gasteiger charge is 1.05. The lowest BCUT2D eigenvalue weighted by Gasteiger charge is -1.02. The van der Waals surface area contributed by atoms with E-state index in [0.29, 0.717) is 0 Å². The zero-order valence-corrected chi connectivity index (χ0v) is 9.86. The van der Waals surface area contributed by atoms with Gasteiger partial charge in [0.2, 0.25) is 42.6 Å². The molecule has 112 valence electrons. The van der Waals surface area contributed by atoms with Gasteiger partial charge in [-0.25, -0.2) is 71.4 Å². The molecule has 14 heteroatoms. The van der Waals surface area contributed by atoms with E-state index in [4.69, 9.17) is 71.4 Å². The lowest BCUT2D eigenvalue weighted by atomic mass is 11.7. The van der Waals surface area contributed by atoms with Gasteiger partial charge in [-0.3, -0.25) is 0 Å². The second-order valence-corrected chi connectivity index (χ2v) is 0.714. The van der Waals surface area contributed by atoms with Gasteiger partial charge in [-0.05, 0) is 0 Å². The van der Waals surface area contributed by atoms with Crippen molar-refractivity contribution < 1.29 is 33.6 Å². The second kappa shape index (κ2) is 476. The van der Waals surface area contributed by atoms with Gasteiger partial charge in [-0.1, -0.05) is 0 Å². The molecule has 21 heavy (non-hydrogen) atoms. The first-order valence-corrected chi connectivity index (χ1v) is 3.18. The van der Waals surface area contributed by atoms with Gasteiger partial charge in [0.05, 0.1) is 0 Å². The van der Waals surface area contributed by atoms with Crippen LogP contribution in [0.5, 0.6) is 0 Å². The van der Waals surface area contributed by atoms with Crippen LogP contribution < -0.4 is 0 Å². The van der Waals surface area contributed by atoms with Crippen LogP contribution in [0.15, 0.2) is 0 Å². The molecule has 0 heterocycles. The summed E-state index contributed by atoms with van der Waals surface area (Å²) in [4.78, 5) is 58.4. The first-order valence-electron chi connectivity index (χ1n) is 3.18. The Kier molecular flexibility index (Phi) is 992. The summed E-state index contributed by atoms with van der Waals surface area (Å²) in [6, 6.07) is 0. The maximum Gasteiger partial charge on any atom is 0.231 e. The molecular weight excluding hydrogens is 294 g/mol. The number of rotatable bonds is 0. The average Bonchev–Trinajstić information content (AvgIpc) is 2.35. The Morgan fingerprint density at radius 2 is 0.286 bits per heavy atom. The van der Waals surface area contributed by atoms with Crippen LogP contribution in [0.25, 0.3) is 0 Å². The monoisotopic (exact) mass is 301 g/mol. The van der Waals surface area contributed by atoms with Crippen LogP contribution in [-0.2, 0) is 33.6 Å². The lowest BCUT2D eigenvalue weighted by molar-refractivity contribution is 0.562. The minimum Gasteiger partial charge on any atom is -0.222 e. The fourth-order valence-electron chi connectivity index (χ4n) is 0. The molecule has 0 aromatic heterocycles. The summed E-state index contributed by atoms with van der Waals surface area (Å²) in [6.07, 6.45) is 5.25. The summed E-state index contributed by atoms with van der Waals surface area (Å²) in [5.74, 6) is 0. The summed E-state index contributed by atoms with van der Waals surface area (Å²) in [7, 11) is 0. The Morgan fingerprint density at radius 1 is 0.286 bits per heavy atom.